The van der Waals surface area contributed by atoms with Crippen molar-refractivity contribution in [2.75, 3.05) is 18.1 Å². The summed E-state index contributed by atoms with van der Waals surface area (Å²) < 4.78 is 18.9. The summed E-state index contributed by atoms with van der Waals surface area (Å²) in [7, 11) is 0. The van der Waals surface area contributed by atoms with Crippen molar-refractivity contribution in [1.29, 1.82) is 0 Å². The molecule has 0 heterocycles. The highest BCUT2D eigenvalue weighted by Crippen LogP contribution is 2.21. The molecule has 0 saturated carbocycles. The van der Waals surface area contributed by atoms with Crippen molar-refractivity contribution in [2.24, 2.45) is 0 Å². The van der Waals surface area contributed by atoms with Crippen LogP contribution >= 0.6 is 11.8 Å². The molecule has 0 fully saturated rings. The van der Waals surface area contributed by atoms with Gasteiger partial charge in [0.1, 0.15) is 11.6 Å². The maximum Gasteiger partial charge on any atom is 0.132 e. The third-order valence-corrected chi connectivity index (χ3v) is 3.31. The molecule has 1 aromatic rings. The van der Waals surface area contributed by atoms with E-state index in [1.54, 1.807) is 19.1 Å². The van der Waals surface area contributed by atoms with E-state index in [-0.39, 0.29) is 0 Å². The summed E-state index contributed by atoms with van der Waals surface area (Å²) in [6, 6.07) is 4.59. The molecule has 0 aromatic heterocycles. The third kappa shape index (κ3) is 4.96. The maximum absolute atomic E-state index is 13.5. The minimum absolute atomic E-state index is 0.305. The van der Waals surface area contributed by atoms with Crippen molar-refractivity contribution in [3.05, 3.63) is 29.6 Å². The number of ether oxygens (including phenoxy) is 1. The Bertz CT molecular complexity index is 342. The highest BCUT2D eigenvalue weighted by molar-refractivity contribution is 7.99. The Kier molecular flexibility index (Phi) is 6.37. The standard InChI is InChI=1S/C13H19FO2S/c1-3-17-8-4-7-16-11-5-6-12(10(2)15)13(14)9-11/h5-6,9-10,15H,3-4,7-8H2,1-2H3. The molecule has 1 unspecified atom stereocenters. The molecule has 0 spiro atoms. The largest absolute Gasteiger partial charge is 0.493 e. The Labute approximate surface area is 106 Å². The Morgan fingerprint density at radius 3 is 2.82 bits per heavy atom. The van der Waals surface area contributed by atoms with Gasteiger partial charge in [-0.15, -0.1) is 0 Å². The van der Waals surface area contributed by atoms with Gasteiger partial charge >= 0.3 is 0 Å². The van der Waals surface area contributed by atoms with Crippen molar-refractivity contribution < 1.29 is 14.2 Å². The maximum atomic E-state index is 13.5. The van der Waals surface area contributed by atoms with Gasteiger partial charge in [-0.1, -0.05) is 6.92 Å². The third-order valence-electron chi connectivity index (χ3n) is 2.33. The van der Waals surface area contributed by atoms with E-state index >= 15 is 0 Å². The van der Waals surface area contributed by atoms with Crippen LogP contribution in [-0.2, 0) is 0 Å². The molecule has 1 rings (SSSR count). The van der Waals surface area contributed by atoms with E-state index in [4.69, 9.17) is 4.74 Å². The van der Waals surface area contributed by atoms with Gasteiger partial charge in [0, 0.05) is 11.6 Å². The molecule has 1 N–H and O–H groups in total. The molecule has 0 aliphatic carbocycles. The van der Waals surface area contributed by atoms with Gasteiger partial charge < -0.3 is 9.84 Å². The monoisotopic (exact) mass is 258 g/mol. The summed E-state index contributed by atoms with van der Waals surface area (Å²) in [6.07, 6.45) is 0.170. The Balaban J connectivity index is 2.42. The molecule has 0 bridgehead atoms. The van der Waals surface area contributed by atoms with E-state index in [1.807, 2.05) is 11.8 Å². The lowest BCUT2D eigenvalue weighted by Gasteiger charge is -2.09. The van der Waals surface area contributed by atoms with Crippen LogP contribution in [0.2, 0.25) is 0 Å². The van der Waals surface area contributed by atoms with Crippen LogP contribution in [0.4, 0.5) is 4.39 Å². The second-order valence-corrected chi connectivity index (χ2v) is 5.15. The van der Waals surface area contributed by atoms with Gasteiger partial charge in [-0.2, -0.15) is 11.8 Å². The van der Waals surface area contributed by atoms with Crippen LogP contribution in [0.15, 0.2) is 18.2 Å². The number of thioether (sulfide) groups is 1. The van der Waals surface area contributed by atoms with Crippen LogP contribution in [0.5, 0.6) is 5.75 Å². The lowest BCUT2D eigenvalue weighted by Crippen LogP contribution is -2.01. The van der Waals surface area contributed by atoms with Gasteiger partial charge in [0.25, 0.3) is 0 Å². The van der Waals surface area contributed by atoms with E-state index in [9.17, 15) is 9.50 Å². The van der Waals surface area contributed by atoms with Gasteiger partial charge in [0.2, 0.25) is 0 Å². The summed E-state index contributed by atoms with van der Waals surface area (Å²) in [5.41, 5.74) is 0.305. The first-order valence-electron chi connectivity index (χ1n) is 5.83. The molecule has 0 aliphatic heterocycles. The molecule has 1 atom stereocenters. The first kappa shape index (κ1) is 14.3. The van der Waals surface area contributed by atoms with Gasteiger partial charge in [0.15, 0.2) is 0 Å². The second-order valence-electron chi connectivity index (χ2n) is 3.76. The van der Waals surface area contributed by atoms with E-state index in [0.29, 0.717) is 17.9 Å². The summed E-state index contributed by atoms with van der Waals surface area (Å²) in [5, 5.41) is 9.29. The molecule has 0 radical (unpaired) electrons. The van der Waals surface area contributed by atoms with E-state index in [0.717, 1.165) is 17.9 Å². The first-order chi connectivity index (χ1) is 8.15. The number of hydrogen-bond donors (Lipinski definition) is 1. The van der Waals surface area contributed by atoms with Gasteiger partial charge in [-0.3, -0.25) is 0 Å². The van der Waals surface area contributed by atoms with Crippen molar-refractivity contribution in [1.82, 2.24) is 0 Å². The summed E-state index contributed by atoms with van der Waals surface area (Å²) in [6.45, 7) is 4.26. The van der Waals surface area contributed by atoms with Gasteiger partial charge in [-0.05, 0) is 37.0 Å². The molecule has 2 nitrogen and oxygen atoms in total. The number of aliphatic hydroxyl groups excluding tert-OH is 1. The van der Waals surface area contributed by atoms with E-state index < -0.39 is 11.9 Å². The highest BCUT2D eigenvalue weighted by Gasteiger charge is 2.08. The molecule has 1 aromatic carbocycles. The minimum Gasteiger partial charge on any atom is -0.493 e. The van der Waals surface area contributed by atoms with Crippen LogP contribution in [0, 0.1) is 5.82 Å². The predicted octanol–water partition coefficient (Wildman–Crippen LogP) is 3.40. The predicted molar refractivity (Wildman–Crippen MR) is 70.1 cm³/mol. The van der Waals surface area contributed by atoms with E-state index in [1.165, 1.54) is 6.07 Å². The zero-order valence-corrected chi connectivity index (χ0v) is 11.1. The van der Waals surface area contributed by atoms with Gasteiger partial charge in [-0.25, -0.2) is 4.39 Å². The second kappa shape index (κ2) is 7.56. The summed E-state index contributed by atoms with van der Waals surface area (Å²) in [4.78, 5) is 0. The molecule has 17 heavy (non-hydrogen) atoms. The zero-order valence-electron chi connectivity index (χ0n) is 10.3. The molecule has 4 heteroatoms. The van der Waals surface area contributed by atoms with Crippen LogP contribution in [-0.4, -0.2) is 23.2 Å². The van der Waals surface area contributed by atoms with Crippen molar-refractivity contribution >= 4 is 11.8 Å². The fraction of sp³-hybridized carbons (Fsp3) is 0.538. The molecule has 0 amide bonds. The zero-order chi connectivity index (χ0) is 12.7. The molecule has 0 aliphatic rings. The minimum atomic E-state index is -0.787. The Morgan fingerprint density at radius 2 is 2.24 bits per heavy atom. The average molecular weight is 258 g/mol. The lowest BCUT2D eigenvalue weighted by molar-refractivity contribution is 0.194. The molecule has 96 valence electrons. The Hall–Kier alpha value is -0.740. The fourth-order valence-electron chi connectivity index (χ4n) is 1.43. The van der Waals surface area contributed by atoms with E-state index in [2.05, 4.69) is 6.92 Å². The quantitative estimate of drug-likeness (QED) is 0.760. The average Bonchev–Trinajstić information content (AvgIpc) is 2.28. The SMILES string of the molecule is CCSCCCOc1ccc(C(C)O)c(F)c1. The summed E-state index contributed by atoms with van der Waals surface area (Å²) >= 11 is 1.87. The Morgan fingerprint density at radius 1 is 1.47 bits per heavy atom. The van der Waals surface area contributed by atoms with Crippen LogP contribution < -0.4 is 4.74 Å². The normalized spacial score (nSPS) is 12.5. The fourth-order valence-corrected chi connectivity index (χ4v) is 2.04. The number of rotatable bonds is 7. The van der Waals surface area contributed by atoms with Crippen LogP contribution in [0.25, 0.3) is 0 Å². The molecular weight excluding hydrogens is 239 g/mol. The van der Waals surface area contributed by atoms with Crippen molar-refractivity contribution in [2.45, 2.75) is 26.4 Å². The van der Waals surface area contributed by atoms with Crippen molar-refractivity contribution in [3.8, 4) is 5.75 Å². The first-order valence-corrected chi connectivity index (χ1v) is 6.98. The lowest BCUT2D eigenvalue weighted by atomic mass is 10.1. The summed E-state index contributed by atoms with van der Waals surface area (Å²) in [5.74, 6) is 2.27. The van der Waals surface area contributed by atoms with Crippen LogP contribution in [0.1, 0.15) is 31.9 Å². The number of hydrogen-bond acceptors (Lipinski definition) is 3. The topological polar surface area (TPSA) is 29.5 Å². The molecule has 0 saturated heterocycles. The highest BCUT2D eigenvalue weighted by atomic mass is 32.2. The molecular formula is C13H19FO2S. The number of halogens is 1. The van der Waals surface area contributed by atoms with Gasteiger partial charge in [0.05, 0.1) is 12.7 Å². The van der Waals surface area contributed by atoms with Crippen molar-refractivity contribution in [3.63, 3.8) is 0 Å². The number of aliphatic hydroxyl groups is 1. The number of benzene rings is 1. The van der Waals surface area contributed by atoms with Crippen LogP contribution in [0.3, 0.4) is 0 Å². The smallest absolute Gasteiger partial charge is 0.132 e.